The quantitative estimate of drug-likeness (QED) is 0.117. The largest absolute Gasteiger partial charge is 0.358 e. The van der Waals surface area contributed by atoms with Crippen LogP contribution in [0, 0.1) is 19.7 Å². The van der Waals surface area contributed by atoms with Crippen LogP contribution in [-0.2, 0) is 14.4 Å². The maximum absolute atomic E-state index is 13.8. The van der Waals surface area contributed by atoms with Crippen molar-refractivity contribution in [2.45, 2.75) is 58.4 Å². The van der Waals surface area contributed by atoms with Crippen LogP contribution in [0.5, 0.6) is 0 Å². The SMILES string of the molecule is Cc1[nH]c(C=C2C(=O)Nc3ccc(F)cc32)c(C)c1C(=O)NCCCCCCNC(=O)c1ccc2c(c1)C(=O)N(C1CCC(=O)NC1=O)C2=O. The van der Waals surface area contributed by atoms with E-state index < -0.39 is 41.4 Å². The molecule has 1 saturated heterocycles. The number of anilines is 1. The first-order valence-electron chi connectivity index (χ1n) is 16.4. The number of carbonyl (C=O) groups excluding carboxylic acids is 7. The van der Waals surface area contributed by atoms with Crippen LogP contribution >= 0.6 is 0 Å². The smallest absolute Gasteiger partial charge is 0.262 e. The van der Waals surface area contributed by atoms with Gasteiger partial charge in [-0.3, -0.25) is 43.8 Å². The number of hydrogen-bond acceptors (Lipinski definition) is 7. The highest BCUT2D eigenvalue weighted by Gasteiger charge is 2.44. The van der Waals surface area contributed by atoms with Crippen molar-refractivity contribution in [2.75, 3.05) is 18.4 Å². The zero-order chi connectivity index (χ0) is 35.7. The second-order valence-corrected chi connectivity index (χ2v) is 12.5. The van der Waals surface area contributed by atoms with Gasteiger partial charge in [0.15, 0.2) is 0 Å². The molecule has 50 heavy (non-hydrogen) atoms. The number of aromatic amines is 1. The molecule has 0 bridgehead atoms. The summed E-state index contributed by atoms with van der Waals surface area (Å²) < 4.78 is 13.8. The molecule has 0 saturated carbocycles. The number of hydrogen-bond donors (Lipinski definition) is 5. The molecule has 1 unspecified atom stereocenters. The summed E-state index contributed by atoms with van der Waals surface area (Å²) in [5, 5.41) is 10.6. The molecule has 13 nitrogen and oxygen atoms in total. The predicted molar refractivity (Wildman–Crippen MR) is 179 cm³/mol. The van der Waals surface area contributed by atoms with Crippen molar-refractivity contribution in [1.29, 1.82) is 0 Å². The summed E-state index contributed by atoms with van der Waals surface area (Å²) in [5.74, 6) is -3.92. The van der Waals surface area contributed by atoms with E-state index in [1.807, 2.05) is 0 Å². The Balaban J connectivity index is 0.936. The molecule has 258 valence electrons. The Labute approximate surface area is 286 Å². The summed E-state index contributed by atoms with van der Waals surface area (Å²) in [6.45, 7) is 4.39. The molecular weight excluding hydrogens is 647 g/mol. The van der Waals surface area contributed by atoms with Crippen molar-refractivity contribution in [3.05, 3.63) is 87.0 Å². The third-order valence-electron chi connectivity index (χ3n) is 9.13. The van der Waals surface area contributed by atoms with E-state index >= 15 is 0 Å². The van der Waals surface area contributed by atoms with E-state index in [1.54, 1.807) is 19.9 Å². The number of imide groups is 2. The number of carbonyl (C=O) groups is 7. The van der Waals surface area contributed by atoms with Crippen molar-refractivity contribution in [2.24, 2.45) is 0 Å². The first-order chi connectivity index (χ1) is 23.9. The summed E-state index contributed by atoms with van der Waals surface area (Å²) >= 11 is 0. The Kier molecular flexibility index (Phi) is 9.44. The van der Waals surface area contributed by atoms with Gasteiger partial charge in [-0.1, -0.05) is 12.8 Å². The summed E-state index contributed by atoms with van der Waals surface area (Å²) in [4.78, 5) is 92.0. The van der Waals surface area contributed by atoms with Gasteiger partial charge in [-0.25, -0.2) is 4.39 Å². The second kappa shape index (κ2) is 13.9. The molecule has 3 aliphatic heterocycles. The average Bonchev–Trinajstić information content (AvgIpc) is 3.64. The Hall–Kier alpha value is -5.92. The third-order valence-corrected chi connectivity index (χ3v) is 9.13. The number of benzene rings is 2. The number of aryl methyl sites for hydroxylation is 1. The van der Waals surface area contributed by atoms with E-state index in [2.05, 4.69) is 26.3 Å². The van der Waals surface area contributed by atoms with Gasteiger partial charge >= 0.3 is 0 Å². The summed E-state index contributed by atoms with van der Waals surface area (Å²) in [5.41, 5.74) is 4.04. The van der Waals surface area contributed by atoms with Gasteiger partial charge in [-0.05, 0) is 81.1 Å². The number of nitrogens with one attached hydrogen (secondary N) is 5. The lowest BCUT2D eigenvalue weighted by Crippen LogP contribution is -2.54. The number of amides is 7. The normalized spacial score (nSPS) is 17.5. The molecule has 5 N–H and O–H groups in total. The minimum absolute atomic E-state index is 0.0175. The van der Waals surface area contributed by atoms with Crippen LogP contribution in [0.4, 0.5) is 10.1 Å². The Bertz CT molecular complexity index is 2010. The first kappa shape index (κ1) is 34.0. The maximum Gasteiger partial charge on any atom is 0.262 e. The number of halogens is 1. The van der Waals surface area contributed by atoms with Gasteiger partial charge < -0.3 is 20.9 Å². The lowest BCUT2D eigenvalue weighted by molar-refractivity contribution is -0.136. The van der Waals surface area contributed by atoms with Crippen molar-refractivity contribution < 1.29 is 38.0 Å². The fraction of sp³-hybridized carbons (Fsp3) is 0.306. The van der Waals surface area contributed by atoms with Crippen molar-refractivity contribution in [1.82, 2.24) is 25.8 Å². The molecule has 0 spiro atoms. The summed E-state index contributed by atoms with van der Waals surface area (Å²) in [7, 11) is 0. The number of fused-ring (bicyclic) bond motifs is 2. The molecule has 0 radical (unpaired) electrons. The zero-order valence-corrected chi connectivity index (χ0v) is 27.5. The van der Waals surface area contributed by atoms with E-state index in [0.29, 0.717) is 65.3 Å². The lowest BCUT2D eigenvalue weighted by Gasteiger charge is -2.27. The summed E-state index contributed by atoms with van der Waals surface area (Å²) in [6, 6.07) is 7.21. The maximum atomic E-state index is 13.8. The second-order valence-electron chi connectivity index (χ2n) is 12.5. The van der Waals surface area contributed by atoms with Crippen LogP contribution < -0.4 is 21.3 Å². The van der Waals surface area contributed by atoms with E-state index in [9.17, 15) is 38.0 Å². The molecule has 1 fully saturated rings. The highest BCUT2D eigenvalue weighted by molar-refractivity contribution is 6.35. The number of rotatable bonds is 11. The van der Waals surface area contributed by atoms with Crippen LogP contribution in [0.15, 0.2) is 36.4 Å². The summed E-state index contributed by atoms with van der Waals surface area (Å²) in [6.07, 6.45) is 4.68. The molecule has 2 aromatic carbocycles. The average molecular weight is 683 g/mol. The van der Waals surface area contributed by atoms with Gasteiger partial charge in [0.05, 0.1) is 22.3 Å². The number of nitrogens with zero attached hydrogens (tertiary/aromatic N) is 1. The Morgan fingerprint density at radius 3 is 2.28 bits per heavy atom. The highest BCUT2D eigenvalue weighted by Crippen LogP contribution is 2.34. The molecular formula is C36H35FN6O7. The van der Waals surface area contributed by atoms with E-state index in [4.69, 9.17) is 0 Å². The molecule has 1 aromatic heterocycles. The highest BCUT2D eigenvalue weighted by atomic mass is 19.1. The van der Waals surface area contributed by atoms with E-state index in [-0.39, 0.29) is 41.3 Å². The van der Waals surface area contributed by atoms with Crippen LogP contribution in [0.1, 0.15) is 102 Å². The molecule has 3 aliphatic rings. The number of unbranched alkanes of at least 4 members (excludes halogenated alkanes) is 3. The molecule has 3 aromatic rings. The molecule has 7 amide bonds. The Morgan fingerprint density at radius 2 is 1.56 bits per heavy atom. The standard InChI is InChI=1S/C36H35FN6O7/c1-18-27(17-24-23-16-21(37)8-10-26(23)41-32(24)46)40-19(2)30(18)34(48)39-14-6-4-3-5-13-38-31(45)20-7-9-22-25(15-20)36(50)43(35(22)49)28-11-12-29(44)42-33(28)47/h7-10,15-17,28,40H,3-6,11-14H2,1-2H3,(H,38,45)(H,39,48)(H,41,46)(H,42,44,47). The van der Waals surface area contributed by atoms with E-state index in [0.717, 1.165) is 17.7 Å². The molecule has 4 heterocycles. The van der Waals surface area contributed by atoms with Crippen LogP contribution in [0.3, 0.4) is 0 Å². The van der Waals surface area contributed by atoms with Gasteiger partial charge in [-0.2, -0.15) is 0 Å². The molecule has 14 heteroatoms. The van der Waals surface area contributed by atoms with Crippen LogP contribution in [0.25, 0.3) is 11.6 Å². The van der Waals surface area contributed by atoms with Gasteiger partial charge in [0.1, 0.15) is 11.9 Å². The third kappa shape index (κ3) is 6.56. The molecule has 0 aliphatic carbocycles. The van der Waals surface area contributed by atoms with Crippen molar-refractivity contribution >= 4 is 58.7 Å². The predicted octanol–water partition coefficient (Wildman–Crippen LogP) is 3.38. The fourth-order valence-corrected chi connectivity index (χ4v) is 6.52. The minimum atomic E-state index is -1.08. The van der Waals surface area contributed by atoms with Gasteiger partial charge in [-0.15, -0.1) is 0 Å². The number of H-pyrrole nitrogens is 1. The Morgan fingerprint density at radius 1 is 0.860 bits per heavy atom. The van der Waals surface area contributed by atoms with Gasteiger partial charge in [0.25, 0.3) is 29.5 Å². The number of aromatic nitrogens is 1. The van der Waals surface area contributed by atoms with Crippen molar-refractivity contribution in [3.8, 4) is 0 Å². The zero-order valence-electron chi connectivity index (χ0n) is 27.5. The number of piperidine rings is 1. The van der Waals surface area contributed by atoms with Crippen LogP contribution in [-0.4, -0.2) is 70.4 Å². The minimum Gasteiger partial charge on any atom is -0.358 e. The van der Waals surface area contributed by atoms with Crippen LogP contribution in [0.2, 0.25) is 0 Å². The molecule has 1 atom stereocenters. The van der Waals surface area contributed by atoms with Crippen molar-refractivity contribution in [3.63, 3.8) is 0 Å². The monoisotopic (exact) mass is 682 g/mol. The first-order valence-corrected chi connectivity index (χ1v) is 16.4. The van der Waals surface area contributed by atoms with E-state index in [1.165, 1.54) is 36.4 Å². The molecule has 6 rings (SSSR count). The van der Waals surface area contributed by atoms with Gasteiger partial charge in [0.2, 0.25) is 11.8 Å². The fourth-order valence-electron chi connectivity index (χ4n) is 6.52. The van der Waals surface area contributed by atoms with Gasteiger partial charge in [0, 0.05) is 47.7 Å². The topological polar surface area (TPSA) is 187 Å². The lowest BCUT2D eigenvalue weighted by atomic mass is 10.0.